The molecule has 2 heterocycles. The molecule has 0 unspecified atom stereocenters. The summed E-state index contributed by atoms with van der Waals surface area (Å²) in [5.41, 5.74) is 5.26. The van der Waals surface area contributed by atoms with E-state index in [9.17, 15) is 5.11 Å². The summed E-state index contributed by atoms with van der Waals surface area (Å²) in [6, 6.07) is 3.58. The van der Waals surface area contributed by atoms with Gasteiger partial charge in [0.25, 0.3) is 0 Å². The summed E-state index contributed by atoms with van der Waals surface area (Å²) in [6.07, 6.45) is 7.93. The second-order valence-electron chi connectivity index (χ2n) is 6.04. The molecule has 1 aliphatic carbocycles. The molecule has 3 aromatic rings. The maximum Gasteiger partial charge on any atom is 0.171 e. The minimum Gasteiger partial charge on any atom is -0.504 e. The quantitative estimate of drug-likeness (QED) is 0.330. The average molecular weight is 480 g/mol. The van der Waals surface area contributed by atoms with Crippen molar-refractivity contribution in [2.45, 2.75) is 25.7 Å². The Hall–Kier alpha value is -1.94. The van der Waals surface area contributed by atoms with Crippen molar-refractivity contribution in [1.82, 2.24) is 9.97 Å². The molecule has 26 heavy (non-hydrogen) atoms. The number of nitrogens with one attached hydrogen (secondary N) is 1. The highest BCUT2D eigenvalue weighted by Gasteiger charge is 2.19. The fourth-order valence-electron chi connectivity index (χ4n) is 3.17. The molecule has 2 N–H and O–H groups in total. The molecular formula is C18H17IN4O2S. The number of methoxy groups -OCH3 is 1. The monoisotopic (exact) mass is 480 g/mol. The molecular weight excluding hydrogens is 463 g/mol. The van der Waals surface area contributed by atoms with Crippen LogP contribution in [0.3, 0.4) is 0 Å². The molecule has 0 aliphatic heterocycles. The van der Waals surface area contributed by atoms with Crippen molar-refractivity contribution >= 4 is 56.2 Å². The van der Waals surface area contributed by atoms with Crippen LogP contribution in [0.2, 0.25) is 0 Å². The SMILES string of the molecule is COc1cc(C=NNc2ncnc3sc4c(c23)CCCC4)cc(I)c1O. The first-order chi connectivity index (χ1) is 12.7. The summed E-state index contributed by atoms with van der Waals surface area (Å²) in [5, 5.41) is 15.4. The number of aryl methyl sites for hydroxylation is 2. The highest BCUT2D eigenvalue weighted by atomic mass is 127. The molecule has 0 saturated carbocycles. The third-order valence-electron chi connectivity index (χ3n) is 4.41. The normalized spacial score (nSPS) is 13.9. The minimum absolute atomic E-state index is 0.139. The second kappa shape index (κ2) is 7.36. The topological polar surface area (TPSA) is 79.6 Å². The van der Waals surface area contributed by atoms with Crippen LogP contribution in [0.4, 0.5) is 5.82 Å². The number of ether oxygens (including phenoxy) is 1. The first kappa shape index (κ1) is 17.5. The van der Waals surface area contributed by atoms with Crippen molar-refractivity contribution < 1.29 is 9.84 Å². The van der Waals surface area contributed by atoms with Crippen LogP contribution in [-0.2, 0) is 12.8 Å². The fraction of sp³-hybridized carbons (Fsp3) is 0.278. The van der Waals surface area contributed by atoms with Crippen molar-refractivity contribution in [2.24, 2.45) is 5.10 Å². The number of halogens is 1. The highest BCUT2D eigenvalue weighted by molar-refractivity contribution is 14.1. The number of hydrogen-bond donors (Lipinski definition) is 2. The lowest BCUT2D eigenvalue weighted by Gasteiger charge is -2.11. The lowest BCUT2D eigenvalue weighted by molar-refractivity contribution is 0.371. The van der Waals surface area contributed by atoms with E-state index in [1.165, 1.54) is 30.4 Å². The van der Waals surface area contributed by atoms with Gasteiger partial charge in [0.05, 0.1) is 22.3 Å². The van der Waals surface area contributed by atoms with E-state index in [1.54, 1.807) is 29.9 Å². The van der Waals surface area contributed by atoms with Crippen molar-refractivity contribution in [3.05, 3.63) is 38.0 Å². The molecule has 1 aliphatic rings. The summed E-state index contributed by atoms with van der Waals surface area (Å²) in [6.45, 7) is 0. The van der Waals surface area contributed by atoms with Crippen LogP contribution in [0.15, 0.2) is 23.6 Å². The Morgan fingerprint density at radius 1 is 1.31 bits per heavy atom. The molecule has 1 aromatic carbocycles. The standard InChI is InChI=1S/C18H17IN4O2S/c1-25-13-7-10(6-12(19)16(13)24)8-22-23-17-15-11-4-2-3-5-14(11)26-18(15)21-9-20-17/h6-9,24H,2-5H2,1H3,(H,20,21,23). The van der Waals surface area contributed by atoms with E-state index in [1.807, 2.05) is 6.07 Å². The summed E-state index contributed by atoms with van der Waals surface area (Å²) >= 11 is 3.83. The lowest BCUT2D eigenvalue weighted by Crippen LogP contribution is -2.01. The predicted octanol–water partition coefficient (Wildman–Crippen LogP) is 4.33. The van der Waals surface area contributed by atoms with Gasteiger partial charge in [-0.15, -0.1) is 11.3 Å². The molecule has 0 radical (unpaired) electrons. The van der Waals surface area contributed by atoms with Gasteiger partial charge < -0.3 is 9.84 Å². The van der Waals surface area contributed by atoms with Crippen LogP contribution in [-0.4, -0.2) is 28.4 Å². The fourth-order valence-corrected chi connectivity index (χ4v) is 5.02. The van der Waals surface area contributed by atoms with Crippen LogP contribution in [0.25, 0.3) is 10.2 Å². The van der Waals surface area contributed by atoms with Gasteiger partial charge in [-0.3, -0.25) is 5.43 Å². The molecule has 2 aromatic heterocycles. The minimum atomic E-state index is 0.139. The number of phenolic OH excluding ortho intramolecular Hbond substituents is 1. The zero-order valence-corrected chi connectivity index (χ0v) is 17.1. The van der Waals surface area contributed by atoms with E-state index >= 15 is 0 Å². The smallest absolute Gasteiger partial charge is 0.171 e. The van der Waals surface area contributed by atoms with Crippen LogP contribution >= 0.6 is 33.9 Å². The van der Waals surface area contributed by atoms with Gasteiger partial charge in [-0.25, -0.2) is 9.97 Å². The zero-order valence-electron chi connectivity index (χ0n) is 14.1. The molecule has 6 nitrogen and oxygen atoms in total. The molecule has 0 fully saturated rings. The molecule has 0 amide bonds. The Labute approximate surface area is 168 Å². The average Bonchev–Trinajstić information content (AvgIpc) is 3.04. The molecule has 0 saturated heterocycles. The van der Waals surface area contributed by atoms with Gasteiger partial charge in [-0.1, -0.05) is 0 Å². The third kappa shape index (κ3) is 3.23. The maximum atomic E-state index is 9.92. The number of nitrogens with zero attached hydrogens (tertiary/aromatic N) is 3. The molecule has 0 spiro atoms. The molecule has 8 heteroatoms. The van der Waals surface area contributed by atoms with Crippen LogP contribution in [0, 0.1) is 3.57 Å². The number of fused-ring (bicyclic) bond motifs is 3. The highest BCUT2D eigenvalue weighted by Crippen LogP contribution is 2.38. The Kier molecular flexibility index (Phi) is 4.94. The van der Waals surface area contributed by atoms with E-state index < -0.39 is 0 Å². The van der Waals surface area contributed by atoms with Crippen molar-refractivity contribution in [1.29, 1.82) is 0 Å². The zero-order chi connectivity index (χ0) is 18.1. The first-order valence-corrected chi connectivity index (χ1v) is 10.2. The summed E-state index contributed by atoms with van der Waals surface area (Å²) in [4.78, 5) is 11.3. The number of benzene rings is 1. The van der Waals surface area contributed by atoms with Gasteiger partial charge >= 0.3 is 0 Å². The van der Waals surface area contributed by atoms with Gasteiger partial charge in [0.2, 0.25) is 0 Å². The van der Waals surface area contributed by atoms with Crippen molar-refractivity contribution in [3.8, 4) is 11.5 Å². The van der Waals surface area contributed by atoms with Crippen LogP contribution in [0.1, 0.15) is 28.8 Å². The lowest BCUT2D eigenvalue weighted by atomic mass is 9.97. The first-order valence-electron chi connectivity index (χ1n) is 8.28. The Bertz CT molecular complexity index is 1000. The Morgan fingerprint density at radius 3 is 3.00 bits per heavy atom. The molecule has 0 bridgehead atoms. The maximum absolute atomic E-state index is 9.92. The molecule has 0 atom stereocenters. The largest absolute Gasteiger partial charge is 0.504 e. The van der Waals surface area contributed by atoms with Crippen LogP contribution < -0.4 is 10.2 Å². The predicted molar refractivity (Wildman–Crippen MR) is 113 cm³/mol. The van der Waals surface area contributed by atoms with E-state index in [0.29, 0.717) is 9.32 Å². The number of anilines is 1. The van der Waals surface area contributed by atoms with E-state index in [4.69, 9.17) is 4.74 Å². The number of hydrogen-bond acceptors (Lipinski definition) is 7. The van der Waals surface area contributed by atoms with E-state index in [2.05, 4.69) is 43.1 Å². The number of hydrazone groups is 1. The molecule has 134 valence electrons. The third-order valence-corrected chi connectivity index (χ3v) is 6.43. The number of thiophene rings is 1. The number of phenols is 1. The Balaban J connectivity index is 1.63. The van der Waals surface area contributed by atoms with Gasteiger partial charge in [0.15, 0.2) is 17.3 Å². The summed E-state index contributed by atoms with van der Waals surface area (Å²) in [5.74, 6) is 1.31. The number of aromatic hydroxyl groups is 1. The van der Waals surface area contributed by atoms with Crippen molar-refractivity contribution in [3.63, 3.8) is 0 Å². The van der Waals surface area contributed by atoms with Gasteiger partial charge in [-0.05, 0) is 71.5 Å². The van der Waals surface area contributed by atoms with Crippen LogP contribution in [0.5, 0.6) is 11.5 Å². The van der Waals surface area contributed by atoms with Crippen molar-refractivity contribution in [2.75, 3.05) is 12.5 Å². The molecule has 4 rings (SSSR count). The summed E-state index contributed by atoms with van der Waals surface area (Å²) < 4.78 is 5.89. The van der Waals surface area contributed by atoms with Gasteiger partial charge in [-0.2, -0.15) is 5.10 Å². The van der Waals surface area contributed by atoms with Gasteiger partial charge in [0.1, 0.15) is 11.2 Å². The number of rotatable bonds is 4. The second-order valence-corrected chi connectivity index (χ2v) is 8.28. The number of aromatic nitrogens is 2. The van der Waals surface area contributed by atoms with E-state index in [-0.39, 0.29) is 5.75 Å². The van der Waals surface area contributed by atoms with Gasteiger partial charge in [0, 0.05) is 4.88 Å². The summed E-state index contributed by atoms with van der Waals surface area (Å²) in [7, 11) is 1.53. The van der Waals surface area contributed by atoms with E-state index in [0.717, 1.165) is 34.4 Å². The Morgan fingerprint density at radius 2 is 2.15 bits per heavy atom.